The van der Waals surface area contributed by atoms with Gasteiger partial charge in [-0.2, -0.15) is 5.10 Å². The van der Waals surface area contributed by atoms with Crippen LogP contribution in [0.25, 0.3) is 11.2 Å². The number of phenols is 1. The summed E-state index contributed by atoms with van der Waals surface area (Å²) in [5.41, 5.74) is 2.60. The largest absolute Gasteiger partial charge is 0.507 e. The molecule has 2 aromatic heterocycles. The van der Waals surface area contributed by atoms with Crippen LogP contribution in [0.15, 0.2) is 40.5 Å². The number of anilines is 1. The highest BCUT2D eigenvalue weighted by atomic mass is 16.6. The lowest BCUT2D eigenvalue weighted by Gasteiger charge is -2.18. The molecule has 0 bridgehead atoms. The number of phenolic OH excluding ortho intramolecular Hbond substituents is 1. The van der Waals surface area contributed by atoms with Crippen LogP contribution >= 0.6 is 0 Å². The lowest BCUT2D eigenvalue weighted by Crippen LogP contribution is -2.33. The third-order valence-corrected chi connectivity index (χ3v) is 4.56. The molecule has 1 aliphatic heterocycles. The summed E-state index contributed by atoms with van der Waals surface area (Å²) in [5.74, 6) is 0.0267. The molecule has 4 atom stereocenters. The number of hydrogen-bond acceptors (Lipinski definition) is 10. The number of rotatable bonds is 5. The van der Waals surface area contributed by atoms with Gasteiger partial charge in [0.1, 0.15) is 24.1 Å². The van der Waals surface area contributed by atoms with E-state index in [2.05, 4.69) is 25.5 Å². The highest BCUT2D eigenvalue weighted by molar-refractivity contribution is 5.83. The van der Waals surface area contributed by atoms with Gasteiger partial charge in [-0.05, 0) is 12.1 Å². The number of aliphatic hydroxyl groups excluding tert-OH is 3. The molecule has 1 aromatic carbocycles. The lowest BCUT2D eigenvalue weighted by atomic mass is 10.1. The molecule has 1 aliphatic rings. The van der Waals surface area contributed by atoms with E-state index in [1.807, 2.05) is 0 Å². The highest BCUT2D eigenvalue weighted by Crippen LogP contribution is 2.33. The summed E-state index contributed by atoms with van der Waals surface area (Å²) < 4.78 is 6.81. The molecule has 0 spiro atoms. The standard InChI is InChI=1S/C17H18N6O6/c24-6-10-12(26)13(27)16(29-10)23-14-11(15(28)19-7-18-14)21-17(23)22-20-5-8-3-1-2-4-9(8)25/h1-5,7,10,12-13,16,24-27H,6H2,(H,21,22)(H,18,19,28)/b20-5+/t10-,12-,13-,16-/m1/s1. The Hall–Kier alpha value is -3.32. The van der Waals surface area contributed by atoms with Crippen molar-refractivity contribution in [2.45, 2.75) is 24.5 Å². The van der Waals surface area contributed by atoms with Gasteiger partial charge in [0, 0.05) is 5.56 Å². The number of hydrogen-bond donors (Lipinski definition) is 6. The summed E-state index contributed by atoms with van der Waals surface area (Å²) in [5, 5.41) is 43.6. The summed E-state index contributed by atoms with van der Waals surface area (Å²) in [7, 11) is 0. The molecule has 0 aliphatic carbocycles. The third kappa shape index (κ3) is 3.34. The number of hydrazone groups is 1. The van der Waals surface area contributed by atoms with Crippen LogP contribution in [0, 0.1) is 0 Å². The van der Waals surface area contributed by atoms with E-state index in [0.717, 1.165) is 0 Å². The molecule has 0 saturated carbocycles. The maximum absolute atomic E-state index is 12.1. The molecule has 3 aromatic rings. The molecule has 1 saturated heterocycles. The Kier molecular flexibility index (Phi) is 4.98. The minimum absolute atomic E-state index is 0.00529. The fourth-order valence-corrected chi connectivity index (χ4v) is 3.09. The number of fused-ring (bicyclic) bond motifs is 1. The molecule has 0 amide bonds. The van der Waals surface area contributed by atoms with Gasteiger partial charge in [0.2, 0.25) is 5.95 Å². The first-order chi connectivity index (χ1) is 14.0. The molecule has 12 heteroatoms. The summed E-state index contributed by atoms with van der Waals surface area (Å²) >= 11 is 0. The SMILES string of the molecule is O=c1[nH]cnc2c1nc(N/N=C/c1ccccc1O)n2[C@@H]1O[C@H](CO)[C@@H](O)[C@H]1O. The maximum atomic E-state index is 12.1. The van der Waals surface area contributed by atoms with Crippen LogP contribution < -0.4 is 11.0 Å². The van der Waals surface area contributed by atoms with Crippen LogP contribution in [0.3, 0.4) is 0 Å². The quantitative estimate of drug-likeness (QED) is 0.228. The predicted molar refractivity (Wildman–Crippen MR) is 100 cm³/mol. The van der Waals surface area contributed by atoms with E-state index in [4.69, 9.17) is 4.74 Å². The van der Waals surface area contributed by atoms with E-state index in [-0.39, 0.29) is 22.9 Å². The van der Waals surface area contributed by atoms with Crippen molar-refractivity contribution in [1.29, 1.82) is 0 Å². The maximum Gasteiger partial charge on any atom is 0.278 e. The fraction of sp³-hybridized carbons (Fsp3) is 0.294. The van der Waals surface area contributed by atoms with Gasteiger partial charge >= 0.3 is 0 Å². The van der Waals surface area contributed by atoms with Gasteiger partial charge in [0.25, 0.3) is 5.56 Å². The average molecular weight is 402 g/mol. The Bertz CT molecular complexity index is 1110. The molecular weight excluding hydrogens is 384 g/mol. The molecular formula is C17H18N6O6. The van der Waals surface area contributed by atoms with E-state index < -0.39 is 36.7 Å². The van der Waals surface area contributed by atoms with E-state index in [9.17, 15) is 25.2 Å². The molecule has 3 heterocycles. The molecule has 152 valence electrons. The number of aliphatic hydroxyl groups is 3. The first kappa shape index (κ1) is 19.0. The van der Waals surface area contributed by atoms with Gasteiger partial charge < -0.3 is 30.1 Å². The zero-order chi connectivity index (χ0) is 20.5. The summed E-state index contributed by atoms with van der Waals surface area (Å²) in [6.07, 6.45) is -2.44. The molecule has 0 unspecified atom stereocenters. The lowest BCUT2D eigenvalue weighted by molar-refractivity contribution is -0.0501. The van der Waals surface area contributed by atoms with Gasteiger partial charge in [-0.25, -0.2) is 15.4 Å². The monoisotopic (exact) mass is 402 g/mol. The first-order valence-corrected chi connectivity index (χ1v) is 8.66. The van der Waals surface area contributed by atoms with Gasteiger partial charge in [0.05, 0.1) is 19.1 Å². The molecule has 4 rings (SSSR count). The fourth-order valence-electron chi connectivity index (χ4n) is 3.09. The van der Waals surface area contributed by atoms with E-state index in [1.165, 1.54) is 23.2 Å². The number of aromatic hydroxyl groups is 1. The van der Waals surface area contributed by atoms with Gasteiger partial charge in [-0.3, -0.25) is 9.36 Å². The van der Waals surface area contributed by atoms with Crippen LogP contribution in [0.2, 0.25) is 0 Å². The van der Waals surface area contributed by atoms with Crippen molar-refractivity contribution in [1.82, 2.24) is 19.5 Å². The number of ether oxygens (including phenoxy) is 1. The average Bonchev–Trinajstić information content (AvgIpc) is 3.22. The summed E-state index contributed by atoms with van der Waals surface area (Å²) in [6.45, 7) is -0.510. The van der Waals surface area contributed by atoms with Crippen LogP contribution in [0.4, 0.5) is 5.95 Å². The number of imidazole rings is 1. The van der Waals surface area contributed by atoms with Gasteiger partial charge in [-0.15, -0.1) is 0 Å². The van der Waals surface area contributed by atoms with E-state index in [0.29, 0.717) is 5.56 Å². The Labute approximate surface area is 162 Å². The number of benzene rings is 1. The normalized spacial score (nSPS) is 24.5. The molecule has 12 nitrogen and oxygen atoms in total. The summed E-state index contributed by atoms with van der Waals surface area (Å²) in [4.78, 5) is 22.7. The van der Waals surface area contributed by atoms with E-state index >= 15 is 0 Å². The number of H-pyrrole nitrogens is 1. The summed E-state index contributed by atoms with van der Waals surface area (Å²) in [6, 6.07) is 6.53. The van der Waals surface area contributed by atoms with E-state index in [1.54, 1.807) is 18.2 Å². The minimum Gasteiger partial charge on any atom is -0.507 e. The highest BCUT2D eigenvalue weighted by Gasteiger charge is 2.45. The third-order valence-electron chi connectivity index (χ3n) is 4.56. The number of aromatic nitrogens is 4. The van der Waals surface area contributed by atoms with Crippen molar-refractivity contribution in [2.75, 3.05) is 12.0 Å². The zero-order valence-corrected chi connectivity index (χ0v) is 14.9. The van der Waals surface area contributed by atoms with Crippen molar-refractivity contribution in [3.05, 3.63) is 46.5 Å². The Morgan fingerprint density at radius 3 is 2.83 bits per heavy atom. The topological polar surface area (TPSA) is 178 Å². The van der Waals surface area contributed by atoms with Gasteiger partial charge in [-0.1, -0.05) is 12.1 Å². The minimum atomic E-state index is -1.41. The molecule has 1 fully saturated rings. The van der Waals surface area contributed by atoms with Crippen molar-refractivity contribution in [3.8, 4) is 5.75 Å². The second-order valence-corrected chi connectivity index (χ2v) is 6.37. The van der Waals surface area contributed by atoms with Gasteiger partial charge in [0.15, 0.2) is 17.4 Å². The number of para-hydroxylation sites is 1. The van der Waals surface area contributed by atoms with Crippen LogP contribution in [0.5, 0.6) is 5.75 Å². The second kappa shape index (κ2) is 7.60. The second-order valence-electron chi connectivity index (χ2n) is 6.37. The van der Waals surface area contributed by atoms with Crippen molar-refractivity contribution in [3.63, 3.8) is 0 Å². The smallest absolute Gasteiger partial charge is 0.278 e. The van der Waals surface area contributed by atoms with Crippen LogP contribution in [-0.2, 0) is 4.74 Å². The zero-order valence-electron chi connectivity index (χ0n) is 14.9. The van der Waals surface area contributed by atoms with Crippen molar-refractivity contribution in [2.24, 2.45) is 5.10 Å². The van der Waals surface area contributed by atoms with Crippen molar-refractivity contribution >= 4 is 23.3 Å². The first-order valence-electron chi connectivity index (χ1n) is 8.66. The Morgan fingerprint density at radius 2 is 2.10 bits per heavy atom. The Balaban J connectivity index is 1.74. The predicted octanol–water partition coefficient (Wildman–Crippen LogP) is -1.12. The van der Waals surface area contributed by atoms with Crippen LogP contribution in [-0.4, -0.2) is 71.1 Å². The Morgan fingerprint density at radius 1 is 1.31 bits per heavy atom. The molecule has 6 N–H and O–H groups in total. The van der Waals surface area contributed by atoms with Crippen LogP contribution in [0.1, 0.15) is 11.8 Å². The molecule has 0 radical (unpaired) electrons. The van der Waals surface area contributed by atoms with Crippen molar-refractivity contribution < 1.29 is 25.2 Å². The molecule has 29 heavy (non-hydrogen) atoms. The number of nitrogens with zero attached hydrogens (tertiary/aromatic N) is 4. The number of nitrogens with one attached hydrogen (secondary N) is 2. The number of aromatic amines is 1.